The smallest absolute Gasteiger partial charge is 0.166 e. The summed E-state index contributed by atoms with van der Waals surface area (Å²) in [5.41, 5.74) is 4.15. The molecule has 5 aliphatic carbocycles. The van der Waals surface area contributed by atoms with Gasteiger partial charge in [-0.3, -0.25) is 9.69 Å². The van der Waals surface area contributed by atoms with Crippen LogP contribution in [0, 0.1) is 17.3 Å². The van der Waals surface area contributed by atoms with E-state index in [1.54, 1.807) is 14.0 Å². The van der Waals surface area contributed by atoms with Gasteiger partial charge in [0.15, 0.2) is 11.5 Å². The van der Waals surface area contributed by atoms with Gasteiger partial charge in [0.1, 0.15) is 31.9 Å². The van der Waals surface area contributed by atoms with Crippen LogP contribution in [0.15, 0.2) is 48.6 Å². The van der Waals surface area contributed by atoms with Gasteiger partial charge in [-0.2, -0.15) is 0 Å². The minimum Gasteiger partial charge on any atom is -0.485 e. The first-order valence-electron chi connectivity index (χ1n) is 14.4. The molecule has 0 radical (unpaired) electrons. The fourth-order valence-corrected chi connectivity index (χ4v) is 9.33. The Labute approximate surface area is 225 Å². The molecule has 0 amide bonds. The number of hydrogen-bond donors (Lipinski definition) is 0. The predicted molar refractivity (Wildman–Crippen MR) is 148 cm³/mol. The number of likely N-dealkylation sites (tertiary alicyclic amines) is 1. The molecule has 196 valence electrons. The zero-order valence-corrected chi connectivity index (χ0v) is 22.7. The fourth-order valence-electron chi connectivity index (χ4n) is 9.33. The van der Waals surface area contributed by atoms with E-state index < -0.39 is 5.60 Å². The molecule has 0 aromatic heterocycles. The molecule has 9 rings (SSSR count). The Kier molecular flexibility index (Phi) is 4.76. The lowest BCUT2D eigenvalue weighted by Gasteiger charge is -2.71. The molecule has 1 unspecified atom stereocenters. The summed E-state index contributed by atoms with van der Waals surface area (Å²) in [5.74, 6) is 2.57. The molecule has 5 nitrogen and oxygen atoms in total. The molecule has 2 aromatic rings. The zero-order chi connectivity index (χ0) is 25.9. The molecule has 7 aliphatic rings. The van der Waals surface area contributed by atoms with E-state index in [4.69, 9.17) is 14.2 Å². The lowest BCUT2D eigenvalue weighted by molar-refractivity contribution is -0.214. The number of nitrogens with zero attached hydrogens (tertiary/aromatic N) is 1. The van der Waals surface area contributed by atoms with E-state index in [2.05, 4.69) is 43.1 Å². The number of ether oxygens (including phenoxy) is 3. The van der Waals surface area contributed by atoms with Crippen molar-refractivity contribution in [2.75, 3.05) is 20.2 Å². The molecular weight excluding hydrogens is 473 g/mol. The van der Waals surface area contributed by atoms with Crippen LogP contribution in [-0.4, -0.2) is 56.5 Å². The maximum absolute atomic E-state index is 13.2. The van der Waals surface area contributed by atoms with E-state index >= 15 is 0 Å². The van der Waals surface area contributed by atoms with Gasteiger partial charge in [-0.15, -0.1) is 0 Å². The van der Waals surface area contributed by atoms with Crippen LogP contribution < -0.4 is 14.9 Å². The number of methoxy groups -OCH3 is 1. The molecule has 2 heterocycles. The largest absolute Gasteiger partial charge is 0.485 e. The first-order chi connectivity index (χ1) is 18.4. The van der Waals surface area contributed by atoms with Gasteiger partial charge in [0.05, 0.1) is 11.3 Å². The van der Waals surface area contributed by atoms with E-state index in [1.165, 1.54) is 36.0 Å². The van der Waals surface area contributed by atoms with Gasteiger partial charge in [-0.1, -0.05) is 47.9 Å². The minimum atomic E-state index is -0.755. The first-order valence-corrected chi connectivity index (χ1v) is 14.4. The van der Waals surface area contributed by atoms with Crippen molar-refractivity contribution in [3.05, 3.63) is 65.2 Å². The van der Waals surface area contributed by atoms with Gasteiger partial charge in [0.25, 0.3) is 0 Å². The zero-order valence-electron chi connectivity index (χ0n) is 22.7. The maximum atomic E-state index is 13.2. The third-order valence-electron chi connectivity index (χ3n) is 11.2. The molecule has 6 heteroatoms. The Bertz CT molecular complexity index is 1370. The molecular formula is C32H36BNO4. The van der Waals surface area contributed by atoms with Gasteiger partial charge >= 0.3 is 0 Å². The number of benzene rings is 2. The van der Waals surface area contributed by atoms with E-state index in [0.717, 1.165) is 48.8 Å². The van der Waals surface area contributed by atoms with Crippen LogP contribution in [0.1, 0.15) is 49.3 Å². The highest BCUT2D eigenvalue weighted by molar-refractivity contribution is 6.34. The number of carbonyl (C=O) groups is 1. The molecule has 38 heavy (non-hydrogen) atoms. The molecule has 4 bridgehead atoms. The Morgan fingerprint density at radius 3 is 2.76 bits per heavy atom. The van der Waals surface area contributed by atoms with Crippen molar-refractivity contribution >= 4 is 19.1 Å². The quantitative estimate of drug-likeness (QED) is 0.424. The summed E-state index contributed by atoms with van der Waals surface area (Å²) < 4.78 is 20.0. The highest BCUT2D eigenvalue weighted by atomic mass is 16.6. The van der Waals surface area contributed by atoms with Gasteiger partial charge in [0, 0.05) is 30.7 Å². The molecule has 2 spiro atoms. The average Bonchev–Trinajstić information content (AvgIpc) is 3.68. The van der Waals surface area contributed by atoms with Crippen molar-refractivity contribution < 1.29 is 19.0 Å². The second-order valence-electron chi connectivity index (χ2n) is 12.8. The molecule has 2 saturated carbocycles. The van der Waals surface area contributed by atoms with Crippen molar-refractivity contribution in [1.29, 1.82) is 0 Å². The molecule has 2 aromatic carbocycles. The molecule has 0 N–H and O–H groups in total. The van der Waals surface area contributed by atoms with Crippen LogP contribution in [0.2, 0.25) is 0 Å². The molecule has 2 aliphatic heterocycles. The SMILES string of the molecule is Bc1cc(OCc2ccccc2)c2c3c1CC1N(CC4CC4)CC[C@]34[C@H](O2)[C@]2(OC)C=C[C@]14C[C@H]2C(C)=O. The summed E-state index contributed by atoms with van der Waals surface area (Å²) in [6.45, 7) is 4.51. The lowest BCUT2D eigenvalue weighted by atomic mass is 9.36. The Balaban J connectivity index is 1.32. The van der Waals surface area contributed by atoms with Crippen molar-refractivity contribution in [2.24, 2.45) is 17.3 Å². The number of carbonyl (C=O) groups excluding carboxylic acids is 1. The summed E-state index contributed by atoms with van der Waals surface area (Å²) >= 11 is 0. The predicted octanol–water partition coefficient (Wildman–Crippen LogP) is 3.11. The summed E-state index contributed by atoms with van der Waals surface area (Å²) in [6.07, 6.45) is 10.1. The number of piperidine rings is 1. The van der Waals surface area contributed by atoms with Gasteiger partial charge in [-0.05, 0) is 68.7 Å². The molecule has 1 saturated heterocycles. The number of ketones is 1. The van der Waals surface area contributed by atoms with E-state index in [0.29, 0.717) is 12.6 Å². The van der Waals surface area contributed by atoms with Crippen molar-refractivity contribution in [2.45, 2.75) is 68.8 Å². The number of rotatable bonds is 7. The first kappa shape index (κ1) is 23.3. The van der Waals surface area contributed by atoms with Gasteiger partial charge < -0.3 is 14.2 Å². The highest BCUT2D eigenvalue weighted by Crippen LogP contribution is 2.74. The normalized spacial score (nSPS) is 37.6. The van der Waals surface area contributed by atoms with Crippen molar-refractivity contribution in [1.82, 2.24) is 4.90 Å². The van der Waals surface area contributed by atoms with Crippen molar-refractivity contribution in [3.63, 3.8) is 0 Å². The van der Waals surface area contributed by atoms with Crippen LogP contribution in [-0.2, 0) is 28.0 Å². The minimum absolute atomic E-state index is 0.135. The summed E-state index contributed by atoms with van der Waals surface area (Å²) in [5, 5.41) is 0. The van der Waals surface area contributed by atoms with E-state index in [9.17, 15) is 4.79 Å². The second kappa shape index (κ2) is 7.76. The maximum Gasteiger partial charge on any atom is 0.166 e. The third kappa shape index (κ3) is 2.73. The van der Waals surface area contributed by atoms with Crippen LogP contribution in [0.4, 0.5) is 0 Å². The average molecular weight is 509 g/mol. The third-order valence-corrected chi connectivity index (χ3v) is 11.2. The molecule has 3 fully saturated rings. The van der Waals surface area contributed by atoms with Crippen LogP contribution in [0.3, 0.4) is 0 Å². The van der Waals surface area contributed by atoms with Crippen LogP contribution >= 0.6 is 0 Å². The fraction of sp³-hybridized carbons (Fsp3) is 0.531. The monoisotopic (exact) mass is 509 g/mol. The Morgan fingerprint density at radius 1 is 1.21 bits per heavy atom. The number of fused-ring (bicyclic) bond motifs is 1. The lowest BCUT2D eigenvalue weighted by Crippen LogP contribution is -2.80. The number of Topliss-reactive ketones (excluding diaryl/α,β-unsaturated/α-hetero) is 1. The Hall–Kier alpha value is -2.57. The van der Waals surface area contributed by atoms with Crippen molar-refractivity contribution in [3.8, 4) is 11.5 Å². The topological polar surface area (TPSA) is 48.0 Å². The summed E-state index contributed by atoms with van der Waals surface area (Å²) in [7, 11) is 4.01. The second-order valence-corrected chi connectivity index (χ2v) is 12.8. The summed E-state index contributed by atoms with van der Waals surface area (Å²) in [6, 6.07) is 12.9. The summed E-state index contributed by atoms with van der Waals surface area (Å²) in [4.78, 5) is 16.0. The van der Waals surface area contributed by atoms with E-state index in [-0.39, 0.29) is 28.6 Å². The Morgan fingerprint density at radius 2 is 2.03 bits per heavy atom. The number of hydrogen-bond acceptors (Lipinski definition) is 5. The van der Waals surface area contributed by atoms with Crippen LogP contribution in [0.5, 0.6) is 11.5 Å². The van der Waals surface area contributed by atoms with Gasteiger partial charge in [0.2, 0.25) is 0 Å². The highest BCUT2D eigenvalue weighted by Gasteiger charge is 2.79. The van der Waals surface area contributed by atoms with Gasteiger partial charge in [-0.25, -0.2) is 0 Å². The van der Waals surface area contributed by atoms with Crippen LogP contribution in [0.25, 0.3) is 0 Å². The molecule has 6 atom stereocenters. The standard InChI is InChI=1S/C32H36BNO4/c1-19(35)23-16-30-10-11-32(23,36-2)29-31(30)12-13-34(17-20-8-9-20)26(30)14-22-24(33)15-25(28(38-29)27(22)31)37-18-21-6-4-3-5-7-21/h3-7,10-11,15,20,23,26,29H,8-9,12-14,16-18,33H2,1-2H3/t23-,26?,29-,30-,31+,32-/m0/s1. The van der Waals surface area contributed by atoms with E-state index in [1.807, 2.05) is 18.2 Å².